The maximum absolute atomic E-state index is 13.0. The average Bonchev–Trinajstić information content (AvgIpc) is 2.53. The predicted molar refractivity (Wildman–Crippen MR) is 88.9 cm³/mol. The Hall–Kier alpha value is -1.39. The molecular formula is C18H28N2O2. The van der Waals surface area contributed by atoms with Crippen LogP contribution < -0.4 is 0 Å². The maximum atomic E-state index is 13.0. The van der Waals surface area contributed by atoms with Crippen LogP contribution in [-0.2, 0) is 4.79 Å². The highest BCUT2D eigenvalue weighted by Gasteiger charge is 2.30. The van der Waals surface area contributed by atoms with Gasteiger partial charge in [-0.15, -0.1) is 0 Å². The molecule has 1 aliphatic heterocycles. The van der Waals surface area contributed by atoms with Crippen LogP contribution in [0.15, 0.2) is 24.3 Å². The van der Waals surface area contributed by atoms with Gasteiger partial charge >= 0.3 is 0 Å². The number of piperidine rings is 1. The summed E-state index contributed by atoms with van der Waals surface area (Å²) in [5.74, 6) is -0.0229. The number of aryl methyl sites for hydroxylation is 1. The van der Waals surface area contributed by atoms with E-state index in [0.29, 0.717) is 6.54 Å². The second-order valence-corrected chi connectivity index (χ2v) is 6.37. The van der Waals surface area contributed by atoms with Crippen molar-refractivity contribution in [3.05, 3.63) is 35.4 Å². The van der Waals surface area contributed by atoms with Crippen LogP contribution in [0.1, 0.15) is 36.8 Å². The highest BCUT2D eigenvalue weighted by atomic mass is 16.3. The van der Waals surface area contributed by atoms with Gasteiger partial charge in [0, 0.05) is 12.6 Å². The van der Waals surface area contributed by atoms with Crippen LogP contribution in [0.25, 0.3) is 0 Å². The molecule has 2 rings (SSSR count). The second-order valence-electron chi connectivity index (χ2n) is 6.37. The molecule has 4 nitrogen and oxygen atoms in total. The smallest absolute Gasteiger partial charge is 0.230 e. The maximum Gasteiger partial charge on any atom is 0.230 e. The molecule has 1 unspecified atom stereocenters. The van der Waals surface area contributed by atoms with Crippen molar-refractivity contribution in [1.29, 1.82) is 0 Å². The fourth-order valence-electron chi connectivity index (χ4n) is 3.34. The molecule has 122 valence electrons. The Bertz CT molecular complexity index is 496. The zero-order chi connectivity index (χ0) is 16.1. The van der Waals surface area contributed by atoms with E-state index in [9.17, 15) is 9.90 Å². The number of amides is 1. The molecule has 0 bridgehead atoms. The van der Waals surface area contributed by atoms with Crippen molar-refractivity contribution >= 4 is 5.91 Å². The van der Waals surface area contributed by atoms with Crippen LogP contribution in [-0.4, -0.2) is 60.1 Å². The number of carbonyl (C=O) groups is 1. The van der Waals surface area contributed by atoms with Crippen molar-refractivity contribution in [1.82, 2.24) is 9.80 Å². The number of benzene rings is 1. The molecular weight excluding hydrogens is 276 g/mol. The number of carbonyl (C=O) groups excluding carboxylic acids is 1. The van der Waals surface area contributed by atoms with Gasteiger partial charge in [0.25, 0.3) is 0 Å². The molecule has 0 saturated carbocycles. The van der Waals surface area contributed by atoms with E-state index in [4.69, 9.17) is 0 Å². The average molecular weight is 304 g/mol. The van der Waals surface area contributed by atoms with Gasteiger partial charge in [-0.2, -0.15) is 0 Å². The van der Waals surface area contributed by atoms with E-state index in [-0.39, 0.29) is 24.5 Å². The number of likely N-dealkylation sites (tertiary alicyclic amines) is 1. The molecule has 1 saturated heterocycles. The van der Waals surface area contributed by atoms with Crippen molar-refractivity contribution in [3.63, 3.8) is 0 Å². The molecule has 1 heterocycles. The number of hydrogen-bond donors (Lipinski definition) is 1. The molecule has 1 N–H and O–H groups in total. The molecule has 1 fully saturated rings. The first kappa shape index (κ1) is 17.0. The van der Waals surface area contributed by atoms with Crippen LogP contribution >= 0.6 is 0 Å². The molecule has 0 aromatic heterocycles. The lowest BCUT2D eigenvalue weighted by Gasteiger charge is -2.38. The Labute approximate surface area is 133 Å². The van der Waals surface area contributed by atoms with E-state index in [1.165, 1.54) is 0 Å². The lowest BCUT2D eigenvalue weighted by Crippen LogP contribution is -2.48. The minimum Gasteiger partial charge on any atom is -0.395 e. The van der Waals surface area contributed by atoms with E-state index >= 15 is 0 Å². The van der Waals surface area contributed by atoms with Crippen LogP contribution in [0.5, 0.6) is 0 Å². The zero-order valence-electron chi connectivity index (χ0n) is 14.0. The molecule has 1 amide bonds. The van der Waals surface area contributed by atoms with Crippen LogP contribution in [0.4, 0.5) is 0 Å². The first-order chi connectivity index (χ1) is 10.5. The van der Waals surface area contributed by atoms with Gasteiger partial charge in [-0.3, -0.25) is 4.79 Å². The molecule has 1 atom stereocenters. The summed E-state index contributed by atoms with van der Waals surface area (Å²) in [6.45, 7) is 6.51. The molecule has 4 heteroatoms. The van der Waals surface area contributed by atoms with E-state index in [1.54, 1.807) is 0 Å². The normalized spacial score (nSPS) is 18.2. The van der Waals surface area contributed by atoms with Crippen molar-refractivity contribution in [2.45, 2.75) is 38.6 Å². The van der Waals surface area contributed by atoms with Crippen LogP contribution in [0.3, 0.4) is 0 Å². The highest BCUT2D eigenvalue weighted by Crippen LogP contribution is 2.25. The molecule has 0 aliphatic carbocycles. The minimum atomic E-state index is -0.160. The number of rotatable bonds is 5. The molecule has 0 radical (unpaired) electrons. The van der Waals surface area contributed by atoms with Gasteiger partial charge in [0.15, 0.2) is 0 Å². The second kappa shape index (κ2) is 7.75. The Kier molecular flexibility index (Phi) is 5.98. The monoisotopic (exact) mass is 304 g/mol. The summed E-state index contributed by atoms with van der Waals surface area (Å²) >= 11 is 0. The van der Waals surface area contributed by atoms with E-state index in [2.05, 4.69) is 11.9 Å². The van der Waals surface area contributed by atoms with Gasteiger partial charge in [-0.05, 0) is 58.0 Å². The van der Waals surface area contributed by atoms with Gasteiger partial charge in [0.2, 0.25) is 5.91 Å². The van der Waals surface area contributed by atoms with E-state index in [1.807, 2.05) is 43.0 Å². The molecule has 0 spiro atoms. The van der Waals surface area contributed by atoms with Crippen molar-refractivity contribution in [2.24, 2.45) is 0 Å². The first-order valence-electron chi connectivity index (χ1n) is 8.20. The van der Waals surface area contributed by atoms with Crippen LogP contribution in [0, 0.1) is 6.92 Å². The Balaban J connectivity index is 2.13. The number of aliphatic hydroxyl groups is 1. The van der Waals surface area contributed by atoms with Crippen LogP contribution in [0.2, 0.25) is 0 Å². The summed E-state index contributed by atoms with van der Waals surface area (Å²) in [6.07, 6.45) is 1.98. The first-order valence-corrected chi connectivity index (χ1v) is 8.20. The standard InChI is InChI=1S/C18H28N2O2/c1-14-6-4-5-7-17(14)15(2)18(22)20(12-13-21)16-8-10-19(3)11-9-16/h4-7,15-16,21H,8-13H2,1-3H3. The summed E-state index contributed by atoms with van der Waals surface area (Å²) in [7, 11) is 2.12. The summed E-state index contributed by atoms with van der Waals surface area (Å²) in [5, 5.41) is 9.37. The van der Waals surface area contributed by atoms with Gasteiger partial charge in [-0.25, -0.2) is 0 Å². The third-order valence-corrected chi connectivity index (χ3v) is 4.78. The van der Waals surface area contributed by atoms with Crippen molar-refractivity contribution in [2.75, 3.05) is 33.3 Å². The topological polar surface area (TPSA) is 43.8 Å². The molecule has 1 aromatic rings. The SMILES string of the molecule is Cc1ccccc1C(C)C(=O)N(CCO)C1CCN(C)CC1. The lowest BCUT2D eigenvalue weighted by molar-refractivity contribution is -0.136. The van der Waals surface area contributed by atoms with Crippen molar-refractivity contribution in [3.8, 4) is 0 Å². The van der Waals surface area contributed by atoms with Crippen molar-refractivity contribution < 1.29 is 9.90 Å². The summed E-state index contributed by atoms with van der Waals surface area (Å²) in [5.41, 5.74) is 2.24. The van der Waals surface area contributed by atoms with E-state index in [0.717, 1.165) is 37.1 Å². The number of hydrogen-bond acceptors (Lipinski definition) is 3. The lowest BCUT2D eigenvalue weighted by atomic mass is 9.93. The van der Waals surface area contributed by atoms with Gasteiger partial charge in [0.05, 0.1) is 12.5 Å². The fraction of sp³-hybridized carbons (Fsp3) is 0.611. The zero-order valence-corrected chi connectivity index (χ0v) is 14.0. The third-order valence-electron chi connectivity index (χ3n) is 4.78. The quantitative estimate of drug-likeness (QED) is 0.905. The molecule has 22 heavy (non-hydrogen) atoms. The predicted octanol–water partition coefficient (Wildman–Crippen LogP) is 2.01. The van der Waals surface area contributed by atoms with Gasteiger partial charge in [0.1, 0.15) is 0 Å². The number of aliphatic hydroxyl groups excluding tert-OH is 1. The Morgan fingerprint density at radius 2 is 2.00 bits per heavy atom. The van der Waals surface area contributed by atoms with E-state index < -0.39 is 0 Å². The largest absolute Gasteiger partial charge is 0.395 e. The molecule has 1 aliphatic rings. The summed E-state index contributed by atoms with van der Waals surface area (Å²) < 4.78 is 0. The third kappa shape index (κ3) is 3.87. The molecule has 1 aromatic carbocycles. The van der Waals surface area contributed by atoms with Gasteiger partial charge in [-0.1, -0.05) is 24.3 Å². The number of nitrogens with zero attached hydrogens (tertiary/aromatic N) is 2. The van der Waals surface area contributed by atoms with Gasteiger partial charge < -0.3 is 14.9 Å². The summed E-state index contributed by atoms with van der Waals surface area (Å²) in [4.78, 5) is 17.2. The Morgan fingerprint density at radius 1 is 1.36 bits per heavy atom. The minimum absolute atomic E-state index is 0.0264. The summed E-state index contributed by atoms with van der Waals surface area (Å²) in [6, 6.07) is 8.31. The highest BCUT2D eigenvalue weighted by molar-refractivity contribution is 5.84. The Morgan fingerprint density at radius 3 is 2.59 bits per heavy atom. The fourth-order valence-corrected chi connectivity index (χ4v) is 3.34.